The van der Waals surface area contributed by atoms with Crippen molar-refractivity contribution in [2.75, 3.05) is 0 Å². The fourth-order valence-electron chi connectivity index (χ4n) is 3.21. The van der Waals surface area contributed by atoms with Crippen molar-refractivity contribution < 1.29 is 13.2 Å². The van der Waals surface area contributed by atoms with Gasteiger partial charge in [0.2, 0.25) is 0 Å². The molecule has 3 atom stereocenters. The number of thiophene rings is 1. The lowest BCUT2D eigenvalue weighted by Gasteiger charge is -2.35. The first kappa shape index (κ1) is 15.8. The fraction of sp³-hybridized carbons (Fsp3) is 0.733. The van der Waals surface area contributed by atoms with E-state index < -0.39 is 18.1 Å². The minimum atomic E-state index is -4.09. The third-order valence-corrected chi connectivity index (χ3v) is 5.18. The van der Waals surface area contributed by atoms with Gasteiger partial charge in [-0.1, -0.05) is 12.8 Å². The molecule has 0 spiro atoms. The maximum atomic E-state index is 13.1. The molecule has 1 fully saturated rings. The fourth-order valence-corrected chi connectivity index (χ4v) is 4.24. The molecule has 1 aliphatic rings. The first-order chi connectivity index (χ1) is 9.29. The van der Waals surface area contributed by atoms with Crippen LogP contribution in [0.1, 0.15) is 54.0 Å². The average Bonchev–Trinajstić information content (AvgIpc) is 2.68. The van der Waals surface area contributed by atoms with Crippen LogP contribution in [0.15, 0.2) is 6.07 Å². The highest BCUT2D eigenvalue weighted by molar-refractivity contribution is 7.12. The summed E-state index contributed by atoms with van der Waals surface area (Å²) < 4.78 is 39.3. The largest absolute Gasteiger partial charge is 0.393 e. The normalized spacial score (nSPS) is 25.7. The monoisotopic (exact) mass is 305 g/mol. The molecule has 5 heteroatoms. The number of rotatable bonds is 3. The highest BCUT2D eigenvalue weighted by Crippen LogP contribution is 2.39. The van der Waals surface area contributed by atoms with Crippen LogP contribution in [0.4, 0.5) is 13.2 Å². The Kier molecular flexibility index (Phi) is 4.80. The summed E-state index contributed by atoms with van der Waals surface area (Å²) >= 11 is 1.70. The maximum absolute atomic E-state index is 13.1. The van der Waals surface area contributed by atoms with Crippen LogP contribution in [-0.2, 0) is 0 Å². The van der Waals surface area contributed by atoms with Gasteiger partial charge in [-0.3, -0.25) is 0 Å². The molecule has 2 rings (SSSR count). The molecule has 0 amide bonds. The van der Waals surface area contributed by atoms with E-state index in [0.29, 0.717) is 12.8 Å². The van der Waals surface area contributed by atoms with Gasteiger partial charge < -0.3 is 5.32 Å². The van der Waals surface area contributed by atoms with E-state index in [1.807, 2.05) is 20.8 Å². The van der Waals surface area contributed by atoms with E-state index in [-0.39, 0.29) is 12.5 Å². The Morgan fingerprint density at radius 1 is 1.25 bits per heavy atom. The number of hydrogen-bond acceptors (Lipinski definition) is 2. The first-order valence-electron chi connectivity index (χ1n) is 7.18. The van der Waals surface area contributed by atoms with Crippen molar-refractivity contribution in [2.24, 2.45) is 5.92 Å². The molecule has 1 N–H and O–H groups in total. The van der Waals surface area contributed by atoms with Gasteiger partial charge in [0.1, 0.15) is 0 Å². The van der Waals surface area contributed by atoms with E-state index in [2.05, 4.69) is 11.4 Å². The number of halogens is 3. The lowest BCUT2D eigenvalue weighted by molar-refractivity contribution is -0.189. The third-order valence-electron chi connectivity index (χ3n) is 4.20. The third kappa shape index (κ3) is 3.55. The summed E-state index contributed by atoms with van der Waals surface area (Å²) in [6, 6.07) is 1.62. The van der Waals surface area contributed by atoms with Crippen LogP contribution in [-0.4, -0.2) is 12.2 Å². The average molecular weight is 305 g/mol. The Morgan fingerprint density at radius 2 is 1.90 bits per heavy atom. The van der Waals surface area contributed by atoms with Crippen molar-refractivity contribution >= 4 is 11.3 Å². The Bertz CT molecular complexity index is 452. The van der Waals surface area contributed by atoms with Crippen LogP contribution in [0.3, 0.4) is 0 Å². The predicted octanol–water partition coefficient (Wildman–Crippen LogP) is 5.14. The number of hydrogen-bond donors (Lipinski definition) is 1. The Morgan fingerprint density at radius 3 is 2.45 bits per heavy atom. The summed E-state index contributed by atoms with van der Waals surface area (Å²) in [6.07, 6.45) is -1.63. The van der Waals surface area contributed by atoms with Crippen molar-refractivity contribution in [2.45, 2.75) is 64.7 Å². The van der Waals surface area contributed by atoms with E-state index in [4.69, 9.17) is 0 Å². The van der Waals surface area contributed by atoms with Crippen LogP contribution in [0.5, 0.6) is 0 Å². The molecule has 0 radical (unpaired) electrons. The second-order valence-electron chi connectivity index (χ2n) is 5.80. The van der Waals surface area contributed by atoms with E-state index in [0.717, 1.165) is 12.0 Å². The van der Waals surface area contributed by atoms with Gasteiger partial charge in [0.05, 0.1) is 5.92 Å². The predicted molar refractivity (Wildman–Crippen MR) is 77.1 cm³/mol. The van der Waals surface area contributed by atoms with E-state index >= 15 is 0 Å². The van der Waals surface area contributed by atoms with Crippen molar-refractivity contribution in [1.29, 1.82) is 0 Å². The first-order valence-corrected chi connectivity index (χ1v) is 8.00. The zero-order chi connectivity index (χ0) is 14.9. The molecule has 0 unspecified atom stereocenters. The van der Waals surface area contributed by atoms with Gasteiger partial charge in [-0.2, -0.15) is 13.2 Å². The zero-order valence-corrected chi connectivity index (χ0v) is 13.0. The van der Waals surface area contributed by atoms with E-state index in [1.54, 1.807) is 11.3 Å². The minimum Gasteiger partial charge on any atom is -0.307 e. The second kappa shape index (κ2) is 6.06. The van der Waals surface area contributed by atoms with Gasteiger partial charge in [0.25, 0.3) is 0 Å². The van der Waals surface area contributed by atoms with Crippen molar-refractivity contribution in [3.8, 4) is 0 Å². The number of alkyl halides is 3. The summed E-state index contributed by atoms with van der Waals surface area (Å²) in [5, 5.41) is 3.23. The van der Waals surface area contributed by atoms with E-state index in [9.17, 15) is 13.2 Å². The van der Waals surface area contributed by atoms with Crippen LogP contribution in [0.25, 0.3) is 0 Å². The van der Waals surface area contributed by atoms with Gasteiger partial charge in [-0.15, -0.1) is 11.3 Å². The molecular weight excluding hydrogens is 283 g/mol. The van der Waals surface area contributed by atoms with Gasteiger partial charge in [0.15, 0.2) is 0 Å². The van der Waals surface area contributed by atoms with Gasteiger partial charge >= 0.3 is 6.18 Å². The molecule has 114 valence electrons. The molecule has 1 aliphatic carbocycles. The summed E-state index contributed by atoms with van der Waals surface area (Å²) in [5.41, 5.74) is 1.14. The van der Waals surface area contributed by atoms with Gasteiger partial charge in [-0.05, 0) is 45.2 Å². The molecule has 1 heterocycles. The van der Waals surface area contributed by atoms with E-state index in [1.165, 1.54) is 9.75 Å². The summed E-state index contributed by atoms with van der Waals surface area (Å²) in [5.74, 6) is -1.20. The van der Waals surface area contributed by atoms with Crippen LogP contribution < -0.4 is 5.32 Å². The highest BCUT2D eigenvalue weighted by Gasteiger charge is 2.45. The molecule has 1 nitrogen and oxygen atoms in total. The molecule has 1 aromatic heterocycles. The lowest BCUT2D eigenvalue weighted by Crippen LogP contribution is -2.46. The zero-order valence-electron chi connectivity index (χ0n) is 12.2. The SMILES string of the molecule is Cc1cc([C@H](C)N[C@@H]2CCCC[C@H]2C(F)(F)F)c(C)s1. The van der Waals surface area contributed by atoms with Crippen LogP contribution in [0.2, 0.25) is 0 Å². The summed E-state index contributed by atoms with van der Waals surface area (Å²) in [4.78, 5) is 2.41. The van der Waals surface area contributed by atoms with Crippen LogP contribution in [0, 0.1) is 19.8 Å². The Labute approximate surface area is 122 Å². The maximum Gasteiger partial charge on any atom is 0.393 e. The van der Waals surface area contributed by atoms with Gasteiger partial charge in [-0.25, -0.2) is 0 Å². The van der Waals surface area contributed by atoms with Crippen molar-refractivity contribution in [3.63, 3.8) is 0 Å². The molecule has 0 aliphatic heterocycles. The molecule has 0 saturated heterocycles. The number of nitrogens with one attached hydrogen (secondary N) is 1. The van der Waals surface area contributed by atoms with Crippen molar-refractivity contribution in [3.05, 3.63) is 21.4 Å². The summed E-state index contributed by atoms with van der Waals surface area (Å²) in [6.45, 7) is 6.04. The highest BCUT2D eigenvalue weighted by atomic mass is 32.1. The quantitative estimate of drug-likeness (QED) is 0.815. The smallest absolute Gasteiger partial charge is 0.307 e. The molecule has 1 saturated carbocycles. The second-order valence-corrected chi connectivity index (χ2v) is 7.26. The topological polar surface area (TPSA) is 12.0 Å². The summed E-state index contributed by atoms with van der Waals surface area (Å²) in [7, 11) is 0. The minimum absolute atomic E-state index is 0.0205. The van der Waals surface area contributed by atoms with Crippen LogP contribution >= 0.6 is 11.3 Å². The standard InChI is InChI=1S/C15H22F3NS/c1-9-8-12(11(3)20-9)10(2)19-14-7-5-4-6-13(14)15(16,17)18/h8,10,13-14,19H,4-7H2,1-3H3/t10-,13+,14+/m0/s1. The van der Waals surface area contributed by atoms with Gasteiger partial charge in [0, 0.05) is 21.8 Å². The lowest BCUT2D eigenvalue weighted by atomic mass is 9.83. The molecule has 0 aromatic carbocycles. The Balaban J connectivity index is 2.09. The Hall–Kier alpha value is -0.550. The molecular formula is C15H22F3NS. The molecule has 1 aromatic rings. The van der Waals surface area contributed by atoms with Crippen molar-refractivity contribution in [1.82, 2.24) is 5.32 Å². The molecule has 20 heavy (non-hydrogen) atoms. The molecule has 0 bridgehead atoms. The number of aryl methyl sites for hydroxylation is 2.